The Morgan fingerprint density at radius 2 is 1.94 bits per heavy atom. The van der Waals surface area contributed by atoms with Crippen molar-refractivity contribution in [2.45, 2.75) is 58.2 Å². The number of aryl methyl sites for hydroxylation is 2. The molecule has 0 saturated heterocycles. The fourth-order valence-electron chi connectivity index (χ4n) is 5.02. The summed E-state index contributed by atoms with van der Waals surface area (Å²) in [6, 6.07) is 9.19. The number of benzene rings is 2. The van der Waals surface area contributed by atoms with Gasteiger partial charge in [0.2, 0.25) is 0 Å². The molecule has 1 atom stereocenters. The van der Waals surface area contributed by atoms with Gasteiger partial charge in [-0.2, -0.15) is 18.3 Å². The molecule has 1 amide bonds. The number of nitrogens with zero attached hydrogens (tertiary/aromatic N) is 2. The van der Waals surface area contributed by atoms with E-state index < -0.39 is 11.7 Å². The molecule has 1 unspecified atom stereocenters. The number of rotatable bonds is 3. The van der Waals surface area contributed by atoms with Crippen molar-refractivity contribution in [1.29, 1.82) is 0 Å². The summed E-state index contributed by atoms with van der Waals surface area (Å²) in [4.78, 5) is 15.4. The van der Waals surface area contributed by atoms with Crippen LogP contribution in [0.1, 0.15) is 64.8 Å². The molecule has 1 aromatic heterocycles. The maximum atomic E-state index is 13.8. The molecule has 2 aromatic carbocycles. The quantitative estimate of drug-likeness (QED) is 0.316. The first kappa shape index (κ1) is 24.1. The van der Waals surface area contributed by atoms with Gasteiger partial charge in [0.1, 0.15) is 11.6 Å². The predicted molar refractivity (Wildman–Crippen MR) is 129 cm³/mol. The van der Waals surface area contributed by atoms with Crippen LogP contribution in [0.25, 0.3) is 0 Å². The Morgan fingerprint density at radius 1 is 1.14 bits per heavy atom. The number of hydrogen-bond acceptors (Lipinski definition) is 4. The number of hydrazone groups is 1. The fourth-order valence-corrected chi connectivity index (χ4v) is 5.02. The molecule has 0 fully saturated rings. The predicted octanol–water partition coefficient (Wildman–Crippen LogP) is 6.88. The van der Waals surface area contributed by atoms with E-state index in [2.05, 4.69) is 10.5 Å². The minimum atomic E-state index is -4.45. The van der Waals surface area contributed by atoms with Gasteiger partial charge in [0.05, 0.1) is 17.0 Å². The highest BCUT2D eigenvalue weighted by molar-refractivity contribution is 6.10. The highest BCUT2D eigenvalue weighted by Gasteiger charge is 2.35. The van der Waals surface area contributed by atoms with Gasteiger partial charge >= 0.3 is 6.18 Å². The van der Waals surface area contributed by atoms with Crippen molar-refractivity contribution in [3.8, 4) is 0 Å². The largest absolute Gasteiger partial charge is 0.455 e. The van der Waals surface area contributed by atoms with Crippen molar-refractivity contribution in [2.75, 3.05) is 10.3 Å². The zero-order chi connectivity index (χ0) is 25.6. The molecule has 1 N–H and O–H groups in total. The van der Waals surface area contributed by atoms with Crippen molar-refractivity contribution in [3.63, 3.8) is 0 Å². The lowest BCUT2D eigenvalue weighted by atomic mass is 9.92. The third-order valence-corrected chi connectivity index (χ3v) is 6.82. The third kappa shape index (κ3) is 4.38. The highest BCUT2D eigenvalue weighted by Crippen LogP contribution is 2.36. The highest BCUT2D eigenvalue weighted by atomic mass is 19.4. The normalized spacial score (nSPS) is 18.7. The van der Waals surface area contributed by atoms with E-state index in [0.29, 0.717) is 54.0 Å². The number of nitrogens with one attached hydrogen (secondary N) is 1. The summed E-state index contributed by atoms with van der Waals surface area (Å²) in [7, 11) is 0. The molecule has 0 bridgehead atoms. The molecule has 1 aliphatic heterocycles. The topological polar surface area (TPSA) is 57.8 Å². The molecule has 2 aliphatic rings. The number of anilines is 2. The second kappa shape index (κ2) is 9.11. The Hall–Kier alpha value is -3.62. The number of furan rings is 1. The number of halogens is 4. The van der Waals surface area contributed by atoms with E-state index in [4.69, 9.17) is 4.42 Å². The first-order valence-electron chi connectivity index (χ1n) is 11.9. The van der Waals surface area contributed by atoms with E-state index in [0.717, 1.165) is 24.1 Å². The molecule has 188 valence electrons. The van der Waals surface area contributed by atoms with Gasteiger partial charge in [-0.3, -0.25) is 10.2 Å². The zero-order valence-corrected chi connectivity index (χ0v) is 19.9. The maximum Gasteiger partial charge on any atom is 0.416 e. The van der Waals surface area contributed by atoms with Crippen LogP contribution in [0.4, 0.5) is 28.9 Å². The number of amides is 1. The molecule has 9 heteroatoms. The van der Waals surface area contributed by atoms with Gasteiger partial charge in [0.25, 0.3) is 5.91 Å². The van der Waals surface area contributed by atoms with Crippen molar-refractivity contribution >= 4 is 23.0 Å². The Morgan fingerprint density at radius 3 is 2.72 bits per heavy atom. The van der Waals surface area contributed by atoms with Crippen LogP contribution in [0.15, 0.2) is 52.0 Å². The van der Waals surface area contributed by atoms with Crippen molar-refractivity contribution in [3.05, 3.63) is 82.1 Å². The molecular formula is C27H25F4N3O2. The Kier molecular flexibility index (Phi) is 6.10. The van der Waals surface area contributed by atoms with Crippen LogP contribution in [-0.4, -0.2) is 17.7 Å². The summed E-state index contributed by atoms with van der Waals surface area (Å²) in [5.41, 5.74) is 5.63. The van der Waals surface area contributed by atoms with Crippen LogP contribution in [0.2, 0.25) is 0 Å². The molecule has 2 heterocycles. The molecule has 1 aliphatic carbocycles. The van der Waals surface area contributed by atoms with Crippen LogP contribution >= 0.6 is 0 Å². The second-order valence-electron chi connectivity index (χ2n) is 9.29. The van der Waals surface area contributed by atoms with E-state index in [9.17, 15) is 22.4 Å². The number of fused-ring (bicyclic) bond motifs is 2. The van der Waals surface area contributed by atoms with Crippen LogP contribution in [0.5, 0.6) is 0 Å². The molecule has 3 aromatic rings. The summed E-state index contributed by atoms with van der Waals surface area (Å²) in [5, 5.41) is 4.40. The Bertz CT molecular complexity index is 1360. The third-order valence-electron chi connectivity index (χ3n) is 6.82. The summed E-state index contributed by atoms with van der Waals surface area (Å²) >= 11 is 0. The van der Waals surface area contributed by atoms with Crippen molar-refractivity contribution in [2.24, 2.45) is 5.10 Å². The smallest absolute Gasteiger partial charge is 0.416 e. The zero-order valence-electron chi connectivity index (χ0n) is 19.9. The van der Waals surface area contributed by atoms with Gasteiger partial charge in [-0.05, 0) is 81.5 Å². The average Bonchev–Trinajstić information content (AvgIpc) is 3.19. The summed E-state index contributed by atoms with van der Waals surface area (Å²) in [5.74, 6) is 0.204. The Labute approximate surface area is 205 Å². The monoisotopic (exact) mass is 499 g/mol. The van der Waals surface area contributed by atoms with E-state index in [1.807, 2.05) is 6.92 Å². The molecule has 5 rings (SSSR count). The van der Waals surface area contributed by atoms with E-state index in [-0.39, 0.29) is 29.2 Å². The van der Waals surface area contributed by atoms with Crippen molar-refractivity contribution in [1.82, 2.24) is 0 Å². The summed E-state index contributed by atoms with van der Waals surface area (Å²) < 4.78 is 59.0. The molecule has 0 saturated carbocycles. The lowest BCUT2D eigenvalue weighted by Gasteiger charge is -2.34. The molecule has 0 radical (unpaired) electrons. The number of hydrogen-bond donors (Lipinski definition) is 1. The van der Waals surface area contributed by atoms with E-state index in [1.54, 1.807) is 17.9 Å². The van der Waals surface area contributed by atoms with Crippen LogP contribution in [0.3, 0.4) is 0 Å². The summed E-state index contributed by atoms with van der Waals surface area (Å²) in [6.45, 7) is 3.75. The van der Waals surface area contributed by atoms with Gasteiger partial charge in [-0.25, -0.2) is 4.39 Å². The van der Waals surface area contributed by atoms with Gasteiger partial charge in [0.15, 0.2) is 5.76 Å². The molecule has 5 nitrogen and oxygen atoms in total. The molecular weight excluding hydrogens is 474 g/mol. The van der Waals surface area contributed by atoms with Crippen LogP contribution in [0, 0.1) is 12.7 Å². The maximum absolute atomic E-state index is 13.8. The summed E-state index contributed by atoms with van der Waals surface area (Å²) in [6.07, 6.45) is -1.11. The van der Waals surface area contributed by atoms with Crippen LogP contribution < -0.4 is 10.3 Å². The molecule has 0 spiro atoms. The fraction of sp³-hybridized carbons (Fsp3) is 0.333. The number of carbonyl (C=O) groups is 1. The lowest BCUT2D eigenvalue weighted by Crippen LogP contribution is -2.42. The SMILES string of the molecule is Cc1c(C(=O)N2c3ccc(F)cc3CCC2C)oc2c1/C(=N/Nc1cccc(C(F)(F)F)c1)CCC2. The van der Waals surface area contributed by atoms with Gasteiger partial charge < -0.3 is 9.32 Å². The Balaban J connectivity index is 1.47. The number of carbonyl (C=O) groups excluding carboxylic acids is 1. The lowest BCUT2D eigenvalue weighted by molar-refractivity contribution is -0.137. The standard InChI is InChI=1S/C27H25F4N3O2/c1-15-9-10-17-13-19(28)11-12-22(17)34(15)26(35)25-16(2)24-21(7-4-8-23(24)36-25)33-32-20-6-3-5-18(14-20)27(29,30)31/h3,5-6,11-15,32H,4,7-10H2,1-2H3/b33-21+. The van der Waals surface area contributed by atoms with E-state index in [1.165, 1.54) is 24.3 Å². The van der Waals surface area contributed by atoms with Gasteiger partial charge in [-0.15, -0.1) is 0 Å². The average molecular weight is 500 g/mol. The van der Waals surface area contributed by atoms with Gasteiger partial charge in [-0.1, -0.05) is 6.07 Å². The van der Waals surface area contributed by atoms with E-state index >= 15 is 0 Å². The van der Waals surface area contributed by atoms with Crippen LogP contribution in [-0.2, 0) is 19.0 Å². The minimum absolute atomic E-state index is 0.0901. The van der Waals surface area contributed by atoms with Crippen molar-refractivity contribution < 1.29 is 26.8 Å². The minimum Gasteiger partial charge on any atom is -0.455 e. The number of alkyl halides is 3. The first-order valence-corrected chi connectivity index (χ1v) is 11.9. The first-order chi connectivity index (χ1) is 17.1. The molecule has 36 heavy (non-hydrogen) atoms. The van der Waals surface area contributed by atoms with Gasteiger partial charge in [0, 0.05) is 29.3 Å². The second-order valence-corrected chi connectivity index (χ2v) is 9.29.